The maximum Gasteiger partial charge on any atom is 0.245 e. The zero-order chi connectivity index (χ0) is 11.7. The molecule has 0 bridgehead atoms. The van der Waals surface area contributed by atoms with E-state index < -0.39 is 9.54 Å². The first kappa shape index (κ1) is 14.8. The van der Waals surface area contributed by atoms with E-state index in [1.807, 2.05) is 30.3 Å². The number of hydrogen-bond acceptors (Lipinski definition) is 1. The molecular formula is C10H8Cl4O. The number of benzene rings is 1. The van der Waals surface area contributed by atoms with Gasteiger partial charge in [-0.1, -0.05) is 71.2 Å². The van der Waals surface area contributed by atoms with Gasteiger partial charge in [0, 0.05) is 0 Å². The Hall–Kier alpha value is -0.210. The molecule has 0 atom stereocenters. The van der Waals surface area contributed by atoms with Gasteiger partial charge in [-0.05, 0) is 23.2 Å². The standard InChI is InChI=1S/C9H7ClO.CHCl3/c10-9(11)7-6-8-4-2-1-3-5-8;2-1(3)4/h1-7H;1H. The van der Waals surface area contributed by atoms with Crippen molar-refractivity contribution in [3.05, 3.63) is 42.0 Å². The summed E-state index contributed by atoms with van der Waals surface area (Å²) in [7, 11) is 0. The third-order valence-electron chi connectivity index (χ3n) is 1.21. The van der Waals surface area contributed by atoms with Crippen molar-refractivity contribution in [2.45, 2.75) is 4.30 Å². The molecule has 0 amide bonds. The molecule has 0 saturated heterocycles. The van der Waals surface area contributed by atoms with E-state index in [0.717, 1.165) is 5.56 Å². The van der Waals surface area contributed by atoms with Gasteiger partial charge in [0.15, 0.2) is 4.30 Å². The van der Waals surface area contributed by atoms with E-state index in [0.29, 0.717) is 0 Å². The summed E-state index contributed by atoms with van der Waals surface area (Å²) >= 11 is 19.5. The van der Waals surface area contributed by atoms with Crippen LogP contribution in [0.2, 0.25) is 0 Å². The molecule has 0 saturated carbocycles. The van der Waals surface area contributed by atoms with Gasteiger partial charge in [0.2, 0.25) is 5.24 Å². The summed E-state index contributed by atoms with van der Waals surface area (Å²) < 4.78 is -0.750. The van der Waals surface area contributed by atoms with Crippen LogP contribution < -0.4 is 0 Å². The Morgan fingerprint density at radius 3 is 2.00 bits per heavy atom. The monoisotopic (exact) mass is 284 g/mol. The van der Waals surface area contributed by atoms with E-state index in [-0.39, 0.29) is 0 Å². The average molecular weight is 286 g/mol. The normalized spacial score (nSPS) is 9.93. The molecule has 0 aromatic heterocycles. The molecule has 15 heavy (non-hydrogen) atoms. The summed E-state index contributed by atoms with van der Waals surface area (Å²) in [5.41, 5.74) is 0.974. The molecule has 1 rings (SSSR count). The second-order valence-corrected chi connectivity index (χ2v) is 4.65. The average Bonchev–Trinajstić information content (AvgIpc) is 2.15. The van der Waals surface area contributed by atoms with E-state index in [1.165, 1.54) is 6.08 Å². The molecule has 0 heterocycles. The van der Waals surface area contributed by atoms with Crippen molar-refractivity contribution in [3.63, 3.8) is 0 Å². The van der Waals surface area contributed by atoms with E-state index in [2.05, 4.69) is 0 Å². The fraction of sp³-hybridized carbons (Fsp3) is 0.100. The lowest BCUT2D eigenvalue weighted by molar-refractivity contribution is -0.107. The summed E-state index contributed by atoms with van der Waals surface area (Å²) in [6, 6.07) is 9.52. The van der Waals surface area contributed by atoms with Crippen molar-refractivity contribution in [1.29, 1.82) is 0 Å². The number of hydrogen-bond donors (Lipinski definition) is 0. The summed E-state index contributed by atoms with van der Waals surface area (Å²) in [5.74, 6) is 0. The Balaban J connectivity index is 0.000000423. The van der Waals surface area contributed by atoms with Crippen LogP contribution in [0.3, 0.4) is 0 Å². The molecule has 0 radical (unpaired) electrons. The first-order valence-electron chi connectivity index (χ1n) is 3.87. The van der Waals surface area contributed by atoms with Crippen LogP contribution >= 0.6 is 46.4 Å². The van der Waals surface area contributed by atoms with Gasteiger partial charge in [-0.3, -0.25) is 4.79 Å². The van der Waals surface area contributed by atoms with Crippen molar-refractivity contribution >= 4 is 57.7 Å². The van der Waals surface area contributed by atoms with Crippen molar-refractivity contribution in [2.24, 2.45) is 0 Å². The lowest BCUT2D eigenvalue weighted by atomic mass is 10.2. The number of allylic oxidation sites excluding steroid dienone is 1. The summed E-state index contributed by atoms with van der Waals surface area (Å²) in [6.45, 7) is 0. The molecule has 5 heteroatoms. The highest BCUT2D eigenvalue weighted by Gasteiger charge is 1.85. The van der Waals surface area contributed by atoms with Crippen LogP contribution in [0.4, 0.5) is 0 Å². The smallest absolute Gasteiger partial charge is 0.245 e. The van der Waals surface area contributed by atoms with Gasteiger partial charge in [0.05, 0.1) is 0 Å². The minimum atomic E-state index is -0.750. The van der Waals surface area contributed by atoms with Crippen LogP contribution in [0.1, 0.15) is 5.56 Å². The summed E-state index contributed by atoms with van der Waals surface area (Å²) in [4.78, 5) is 10.3. The van der Waals surface area contributed by atoms with E-state index in [9.17, 15) is 4.79 Å². The van der Waals surface area contributed by atoms with Crippen LogP contribution in [-0.4, -0.2) is 9.54 Å². The van der Waals surface area contributed by atoms with Gasteiger partial charge in [-0.25, -0.2) is 0 Å². The first-order valence-corrected chi connectivity index (χ1v) is 5.56. The number of carbonyl (C=O) groups excluding carboxylic acids is 1. The van der Waals surface area contributed by atoms with Crippen molar-refractivity contribution in [3.8, 4) is 0 Å². The van der Waals surface area contributed by atoms with Crippen LogP contribution in [-0.2, 0) is 4.79 Å². The molecule has 0 N–H and O–H groups in total. The maximum absolute atomic E-state index is 10.3. The highest BCUT2D eigenvalue weighted by atomic mass is 35.6. The first-order chi connectivity index (χ1) is 7.02. The topological polar surface area (TPSA) is 17.1 Å². The molecule has 1 nitrogen and oxygen atoms in total. The number of alkyl halides is 3. The Bertz CT molecular complexity index is 306. The number of carbonyl (C=O) groups is 1. The lowest BCUT2D eigenvalue weighted by Gasteiger charge is -1.87. The fourth-order valence-corrected chi connectivity index (χ4v) is 0.789. The van der Waals surface area contributed by atoms with Crippen LogP contribution in [0.5, 0.6) is 0 Å². The van der Waals surface area contributed by atoms with E-state index >= 15 is 0 Å². The van der Waals surface area contributed by atoms with Gasteiger partial charge >= 0.3 is 0 Å². The second kappa shape index (κ2) is 9.05. The minimum absolute atomic E-state index is 0.450. The van der Waals surface area contributed by atoms with Crippen LogP contribution in [0, 0.1) is 0 Å². The third-order valence-corrected chi connectivity index (χ3v) is 1.33. The van der Waals surface area contributed by atoms with Gasteiger partial charge < -0.3 is 0 Å². The van der Waals surface area contributed by atoms with Gasteiger partial charge in [-0.15, -0.1) is 0 Å². The second-order valence-electron chi connectivity index (χ2n) is 2.30. The number of halogens is 4. The molecule has 0 aliphatic carbocycles. The van der Waals surface area contributed by atoms with E-state index in [4.69, 9.17) is 46.4 Å². The SMILES string of the molecule is ClC(Cl)Cl.O=C(Cl)C=Cc1ccccc1. The lowest BCUT2D eigenvalue weighted by Crippen LogP contribution is -1.75. The molecule has 0 aliphatic heterocycles. The molecular weight excluding hydrogens is 278 g/mol. The highest BCUT2D eigenvalue weighted by molar-refractivity contribution is 6.66. The van der Waals surface area contributed by atoms with Crippen LogP contribution in [0.15, 0.2) is 36.4 Å². The molecule has 1 aromatic rings. The molecule has 82 valence electrons. The molecule has 1 aromatic carbocycles. The Morgan fingerprint density at radius 1 is 1.13 bits per heavy atom. The molecule has 0 fully saturated rings. The molecule has 0 spiro atoms. The quantitative estimate of drug-likeness (QED) is 0.446. The molecule has 0 unspecified atom stereocenters. The summed E-state index contributed by atoms with van der Waals surface area (Å²) in [6.07, 6.45) is 3.01. The Kier molecular flexibility index (Phi) is 8.92. The van der Waals surface area contributed by atoms with Gasteiger partial charge in [0.1, 0.15) is 0 Å². The highest BCUT2D eigenvalue weighted by Crippen LogP contribution is 2.03. The van der Waals surface area contributed by atoms with Crippen LogP contribution in [0.25, 0.3) is 6.08 Å². The predicted octanol–water partition coefficient (Wildman–Crippen LogP) is 4.45. The Morgan fingerprint density at radius 2 is 1.60 bits per heavy atom. The largest absolute Gasteiger partial charge is 0.276 e. The van der Waals surface area contributed by atoms with Crippen molar-refractivity contribution in [1.82, 2.24) is 0 Å². The van der Waals surface area contributed by atoms with Crippen molar-refractivity contribution in [2.75, 3.05) is 0 Å². The Labute approximate surface area is 109 Å². The van der Waals surface area contributed by atoms with E-state index in [1.54, 1.807) is 6.08 Å². The summed E-state index contributed by atoms with van der Waals surface area (Å²) in [5, 5.41) is -0.450. The zero-order valence-electron chi connectivity index (χ0n) is 7.54. The van der Waals surface area contributed by atoms with Gasteiger partial charge in [0.25, 0.3) is 0 Å². The zero-order valence-corrected chi connectivity index (χ0v) is 10.6. The van der Waals surface area contributed by atoms with Gasteiger partial charge in [-0.2, -0.15) is 0 Å². The number of rotatable bonds is 2. The minimum Gasteiger partial charge on any atom is -0.276 e. The maximum atomic E-state index is 10.3. The molecule has 0 aliphatic rings. The third kappa shape index (κ3) is 11.7. The van der Waals surface area contributed by atoms with Crippen molar-refractivity contribution < 1.29 is 4.79 Å². The predicted molar refractivity (Wildman–Crippen MR) is 67.7 cm³/mol. The fourth-order valence-electron chi connectivity index (χ4n) is 0.726.